The van der Waals surface area contributed by atoms with Gasteiger partial charge in [0, 0.05) is 18.7 Å². The molecule has 0 atom stereocenters. The topological polar surface area (TPSA) is 29.1 Å². The van der Waals surface area contributed by atoms with Crippen LogP contribution in [0.25, 0.3) is 0 Å². The summed E-state index contributed by atoms with van der Waals surface area (Å²) in [4.78, 5) is 11.0. The molecule has 0 amide bonds. The third-order valence-corrected chi connectivity index (χ3v) is 1.67. The number of rotatable bonds is 6. The standard InChI is InChI=1S/C10H19NO/c1-4-7-11-9(5-2)8-10(12)6-3/h8,11H,4-7H2,1-3H3. The number of hydrogen-bond acceptors (Lipinski definition) is 2. The lowest BCUT2D eigenvalue weighted by Gasteiger charge is -2.06. The number of allylic oxidation sites excluding steroid dienone is 2. The van der Waals surface area contributed by atoms with E-state index >= 15 is 0 Å². The maximum Gasteiger partial charge on any atom is 0.157 e. The van der Waals surface area contributed by atoms with Crippen molar-refractivity contribution in [2.45, 2.75) is 40.0 Å². The lowest BCUT2D eigenvalue weighted by Crippen LogP contribution is -2.14. The lowest BCUT2D eigenvalue weighted by atomic mass is 10.2. The van der Waals surface area contributed by atoms with Crippen molar-refractivity contribution in [2.24, 2.45) is 0 Å². The number of nitrogens with one attached hydrogen (secondary N) is 1. The second kappa shape index (κ2) is 6.89. The highest BCUT2D eigenvalue weighted by Gasteiger charge is 1.96. The molecule has 0 spiro atoms. The lowest BCUT2D eigenvalue weighted by molar-refractivity contribution is -0.114. The molecule has 0 aliphatic heterocycles. The van der Waals surface area contributed by atoms with Crippen LogP contribution >= 0.6 is 0 Å². The first-order chi connectivity index (χ1) is 5.74. The second-order valence-corrected chi connectivity index (χ2v) is 2.77. The maximum atomic E-state index is 11.0. The first-order valence-corrected chi connectivity index (χ1v) is 4.71. The average molecular weight is 169 g/mol. The molecule has 0 saturated heterocycles. The molecule has 0 unspecified atom stereocenters. The summed E-state index contributed by atoms with van der Waals surface area (Å²) in [5.41, 5.74) is 1.06. The van der Waals surface area contributed by atoms with E-state index in [1.165, 1.54) is 0 Å². The molecule has 70 valence electrons. The third kappa shape index (κ3) is 4.94. The van der Waals surface area contributed by atoms with Gasteiger partial charge in [-0.2, -0.15) is 0 Å². The van der Waals surface area contributed by atoms with Crippen molar-refractivity contribution in [2.75, 3.05) is 6.54 Å². The zero-order valence-electron chi connectivity index (χ0n) is 8.31. The van der Waals surface area contributed by atoms with Crippen LogP contribution in [0.4, 0.5) is 0 Å². The molecule has 12 heavy (non-hydrogen) atoms. The largest absolute Gasteiger partial charge is 0.388 e. The minimum absolute atomic E-state index is 0.204. The van der Waals surface area contributed by atoms with Gasteiger partial charge in [-0.3, -0.25) is 4.79 Å². The molecule has 0 heterocycles. The summed E-state index contributed by atoms with van der Waals surface area (Å²) >= 11 is 0. The molecule has 0 aromatic heterocycles. The molecule has 0 aliphatic carbocycles. The molecule has 0 bridgehead atoms. The Kier molecular flexibility index (Phi) is 6.44. The first-order valence-electron chi connectivity index (χ1n) is 4.71. The molecular formula is C10H19NO. The van der Waals surface area contributed by atoms with Crippen LogP contribution < -0.4 is 5.32 Å². The van der Waals surface area contributed by atoms with E-state index in [0.717, 1.165) is 25.1 Å². The van der Waals surface area contributed by atoms with E-state index in [1.807, 2.05) is 6.92 Å². The smallest absolute Gasteiger partial charge is 0.157 e. The summed E-state index contributed by atoms with van der Waals surface area (Å²) in [5.74, 6) is 0.204. The summed E-state index contributed by atoms with van der Waals surface area (Å²) in [7, 11) is 0. The van der Waals surface area contributed by atoms with E-state index in [9.17, 15) is 4.79 Å². The molecule has 2 heteroatoms. The third-order valence-electron chi connectivity index (χ3n) is 1.67. The molecular weight excluding hydrogens is 150 g/mol. The Morgan fingerprint density at radius 2 is 1.92 bits per heavy atom. The van der Waals surface area contributed by atoms with Crippen LogP contribution in [-0.4, -0.2) is 12.3 Å². The van der Waals surface area contributed by atoms with Crippen LogP contribution in [0.3, 0.4) is 0 Å². The fraction of sp³-hybridized carbons (Fsp3) is 0.700. The van der Waals surface area contributed by atoms with Gasteiger partial charge in [0.15, 0.2) is 5.78 Å². The normalized spacial score (nSPS) is 11.4. The van der Waals surface area contributed by atoms with E-state index in [4.69, 9.17) is 0 Å². The summed E-state index contributed by atoms with van der Waals surface area (Å²) in [6.45, 7) is 7.00. The fourth-order valence-corrected chi connectivity index (χ4v) is 0.860. The molecule has 0 rings (SSSR count). The van der Waals surface area contributed by atoms with Gasteiger partial charge in [0.2, 0.25) is 0 Å². The number of ketones is 1. The van der Waals surface area contributed by atoms with Crippen molar-refractivity contribution in [3.05, 3.63) is 11.8 Å². The summed E-state index contributed by atoms with van der Waals surface area (Å²) in [6.07, 6.45) is 4.32. The monoisotopic (exact) mass is 169 g/mol. The van der Waals surface area contributed by atoms with Gasteiger partial charge in [-0.25, -0.2) is 0 Å². The summed E-state index contributed by atoms with van der Waals surface area (Å²) in [5, 5.41) is 3.22. The number of carbonyl (C=O) groups excluding carboxylic acids is 1. The minimum Gasteiger partial charge on any atom is -0.388 e. The Morgan fingerprint density at radius 1 is 1.25 bits per heavy atom. The first kappa shape index (κ1) is 11.2. The Morgan fingerprint density at radius 3 is 2.33 bits per heavy atom. The SMILES string of the molecule is CCCNC(=CC(=O)CC)CC. The molecule has 0 radical (unpaired) electrons. The Labute approximate surface area is 75.0 Å². The molecule has 0 aromatic carbocycles. The Hall–Kier alpha value is -0.790. The van der Waals surface area contributed by atoms with Crippen molar-refractivity contribution in [3.63, 3.8) is 0 Å². The highest BCUT2D eigenvalue weighted by atomic mass is 16.1. The number of hydrogen-bond donors (Lipinski definition) is 1. The highest BCUT2D eigenvalue weighted by molar-refractivity contribution is 5.89. The van der Waals surface area contributed by atoms with Crippen molar-refractivity contribution in [1.82, 2.24) is 5.32 Å². The molecule has 0 fully saturated rings. The van der Waals surface area contributed by atoms with E-state index in [-0.39, 0.29) is 5.78 Å². The minimum atomic E-state index is 0.204. The predicted molar refractivity (Wildman–Crippen MR) is 52.0 cm³/mol. The van der Waals surface area contributed by atoms with E-state index < -0.39 is 0 Å². The van der Waals surface area contributed by atoms with Gasteiger partial charge in [-0.1, -0.05) is 20.8 Å². The van der Waals surface area contributed by atoms with Gasteiger partial charge in [0.05, 0.1) is 0 Å². The molecule has 1 N–H and O–H groups in total. The number of carbonyl (C=O) groups is 1. The second-order valence-electron chi connectivity index (χ2n) is 2.77. The summed E-state index contributed by atoms with van der Waals surface area (Å²) < 4.78 is 0. The molecule has 0 aromatic rings. The van der Waals surface area contributed by atoms with Crippen LogP contribution in [0.1, 0.15) is 40.0 Å². The van der Waals surface area contributed by atoms with E-state index in [0.29, 0.717) is 6.42 Å². The van der Waals surface area contributed by atoms with Gasteiger partial charge in [-0.05, 0) is 18.9 Å². The highest BCUT2D eigenvalue weighted by Crippen LogP contribution is 1.97. The molecule has 0 aliphatic rings. The van der Waals surface area contributed by atoms with Gasteiger partial charge >= 0.3 is 0 Å². The van der Waals surface area contributed by atoms with E-state index in [1.54, 1.807) is 6.08 Å². The van der Waals surface area contributed by atoms with Crippen molar-refractivity contribution in [3.8, 4) is 0 Å². The van der Waals surface area contributed by atoms with Crippen molar-refractivity contribution < 1.29 is 4.79 Å². The van der Waals surface area contributed by atoms with Gasteiger partial charge < -0.3 is 5.32 Å². The van der Waals surface area contributed by atoms with Crippen LogP contribution in [0.2, 0.25) is 0 Å². The zero-order valence-corrected chi connectivity index (χ0v) is 8.31. The van der Waals surface area contributed by atoms with Gasteiger partial charge in [-0.15, -0.1) is 0 Å². The maximum absolute atomic E-state index is 11.0. The van der Waals surface area contributed by atoms with Gasteiger partial charge in [0.1, 0.15) is 0 Å². The average Bonchev–Trinajstić information content (AvgIpc) is 2.11. The fourth-order valence-electron chi connectivity index (χ4n) is 0.860. The Bertz CT molecular complexity index is 161. The zero-order chi connectivity index (χ0) is 9.40. The van der Waals surface area contributed by atoms with Crippen LogP contribution in [0.15, 0.2) is 11.8 Å². The molecule has 0 saturated carbocycles. The molecule has 2 nitrogen and oxygen atoms in total. The quantitative estimate of drug-likeness (QED) is 0.618. The Balaban J connectivity index is 3.94. The van der Waals surface area contributed by atoms with E-state index in [2.05, 4.69) is 19.2 Å². The van der Waals surface area contributed by atoms with Gasteiger partial charge in [0.25, 0.3) is 0 Å². The predicted octanol–water partition coefficient (Wildman–Crippen LogP) is 2.26. The van der Waals surface area contributed by atoms with Crippen LogP contribution in [0, 0.1) is 0 Å². The summed E-state index contributed by atoms with van der Waals surface area (Å²) in [6, 6.07) is 0. The van der Waals surface area contributed by atoms with Crippen LogP contribution in [0.5, 0.6) is 0 Å². The van der Waals surface area contributed by atoms with Crippen molar-refractivity contribution in [1.29, 1.82) is 0 Å². The van der Waals surface area contributed by atoms with Crippen molar-refractivity contribution >= 4 is 5.78 Å². The van der Waals surface area contributed by atoms with Crippen LogP contribution in [-0.2, 0) is 4.79 Å².